The van der Waals surface area contributed by atoms with Gasteiger partial charge in [0.25, 0.3) is 0 Å². The molecule has 0 amide bonds. The smallest absolute Gasteiger partial charge is 0.302 e. The molecule has 1 N–H and O–H groups in total. The van der Waals surface area contributed by atoms with Crippen molar-refractivity contribution in [3.8, 4) is 0 Å². The molecule has 1 aliphatic heterocycles. The summed E-state index contributed by atoms with van der Waals surface area (Å²) in [6.45, 7) is 1.86. The van der Waals surface area contributed by atoms with Crippen molar-refractivity contribution >= 4 is 17.3 Å². The van der Waals surface area contributed by atoms with E-state index in [4.69, 9.17) is 0 Å². The predicted octanol–water partition coefficient (Wildman–Crippen LogP) is 3.56. The Morgan fingerprint density at radius 1 is 1.45 bits per heavy atom. The van der Waals surface area contributed by atoms with Crippen LogP contribution < -0.4 is 0 Å². The van der Waals surface area contributed by atoms with Crippen molar-refractivity contribution in [2.45, 2.75) is 30.3 Å². The normalized spacial score (nSPS) is 17.3. The molecule has 2 rings (SSSR count). The van der Waals surface area contributed by atoms with Crippen molar-refractivity contribution in [1.82, 2.24) is 15.1 Å². The number of aromatic amines is 1. The van der Waals surface area contributed by atoms with Crippen molar-refractivity contribution in [1.29, 1.82) is 0 Å². The van der Waals surface area contributed by atoms with E-state index in [0.717, 1.165) is 35.7 Å². The first kappa shape index (κ1) is 15.4. The standard InChI is InChI=1S/C13H18F3N3S/c1-19-6-2-4-10(9-19)12-11(8-17-18-12)20-7-3-5-13(14,15)16/h4,8H,2-3,5-7,9H2,1H3,(H,17,18). The number of alkyl halides is 3. The largest absolute Gasteiger partial charge is 0.389 e. The van der Waals surface area contributed by atoms with Crippen LogP contribution in [0.3, 0.4) is 0 Å². The fourth-order valence-corrected chi connectivity index (χ4v) is 3.10. The van der Waals surface area contributed by atoms with E-state index in [-0.39, 0.29) is 6.42 Å². The minimum absolute atomic E-state index is 0.137. The van der Waals surface area contributed by atoms with Crippen LogP contribution in [0, 0.1) is 0 Å². The highest BCUT2D eigenvalue weighted by Gasteiger charge is 2.26. The summed E-state index contributed by atoms with van der Waals surface area (Å²) >= 11 is 1.44. The van der Waals surface area contributed by atoms with E-state index in [2.05, 4.69) is 28.2 Å². The quantitative estimate of drug-likeness (QED) is 0.667. The molecule has 112 valence electrons. The van der Waals surface area contributed by atoms with Gasteiger partial charge in [0.05, 0.1) is 4.90 Å². The van der Waals surface area contributed by atoms with Gasteiger partial charge < -0.3 is 4.90 Å². The molecule has 20 heavy (non-hydrogen) atoms. The first-order valence-electron chi connectivity index (χ1n) is 6.57. The second-order valence-corrected chi connectivity index (χ2v) is 6.06. The number of H-pyrrole nitrogens is 1. The van der Waals surface area contributed by atoms with Crippen LogP contribution in [0.1, 0.15) is 25.0 Å². The Morgan fingerprint density at radius 2 is 2.25 bits per heavy atom. The van der Waals surface area contributed by atoms with E-state index in [1.807, 2.05) is 0 Å². The summed E-state index contributed by atoms with van der Waals surface area (Å²) in [4.78, 5) is 3.15. The number of thioether (sulfide) groups is 1. The molecule has 1 aromatic rings. The van der Waals surface area contributed by atoms with Crippen LogP contribution in [-0.4, -0.2) is 47.2 Å². The van der Waals surface area contributed by atoms with Crippen molar-refractivity contribution in [2.24, 2.45) is 0 Å². The molecule has 0 aromatic carbocycles. The number of nitrogens with zero attached hydrogens (tertiary/aromatic N) is 2. The molecular weight excluding hydrogens is 287 g/mol. The molecule has 3 nitrogen and oxygen atoms in total. The SMILES string of the molecule is CN1CCC=C(c2n[nH]cc2SCCCC(F)(F)F)C1. The molecule has 0 spiro atoms. The zero-order valence-corrected chi connectivity index (χ0v) is 12.2. The Labute approximate surface area is 120 Å². The topological polar surface area (TPSA) is 31.9 Å². The Balaban J connectivity index is 1.90. The average molecular weight is 305 g/mol. The third-order valence-corrected chi connectivity index (χ3v) is 4.23. The molecule has 0 saturated carbocycles. The third kappa shape index (κ3) is 4.56. The minimum Gasteiger partial charge on any atom is -0.302 e. The minimum atomic E-state index is -4.06. The molecule has 1 aliphatic rings. The van der Waals surface area contributed by atoms with Crippen LogP contribution in [0.5, 0.6) is 0 Å². The molecule has 0 atom stereocenters. The van der Waals surface area contributed by atoms with E-state index in [9.17, 15) is 13.2 Å². The number of rotatable bonds is 5. The van der Waals surface area contributed by atoms with E-state index in [0.29, 0.717) is 5.75 Å². The summed E-state index contributed by atoms with van der Waals surface area (Å²) in [5.74, 6) is 0.454. The lowest BCUT2D eigenvalue weighted by atomic mass is 10.1. The zero-order valence-electron chi connectivity index (χ0n) is 11.3. The Bertz CT molecular complexity index is 468. The van der Waals surface area contributed by atoms with Gasteiger partial charge in [0.1, 0.15) is 5.69 Å². The summed E-state index contributed by atoms with van der Waals surface area (Å²) in [6.07, 6.45) is 0.264. The van der Waals surface area contributed by atoms with Crippen molar-refractivity contribution in [3.63, 3.8) is 0 Å². The maximum Gasteiger partial charge on any atom is 0.389 e. The first-order valence-corrected chi connectivity index (χ1v) is 7.55. The monoisotopic (exact) mass is 305 g/mol. The highest BCUT2D eigenvalue weighted by Crippen LogP contribution is 2.30. The number of hydrogen-bond donors (Lipinski definition) is 1. The summed E-state index contributed by atoms with van der Waals surface area (Å²) in [6, 6.07) is 0. The lowest BCUT2D eigenvalue weighted by molar-refractivity contribution is -0.134. The first-order chi connectivity index (χ1) is 9.46. The van der Waals surface area contributed by atoms with Gasteiger partial charge in [0.15, 0.2) is 0 Å². The fourth-order valence-electron chi connectivity index (χ4n) is 2.14. The Hall–Kier alpha value is -0.950. The van der Waals surface area contributed by atoms with Gasteiger partial charge >= 0.3 is 6.18 Å². The van der Waals surface area contributed by atoms with Gasteiger partial charge in [-0.05, 0) is 31.2 Å². The van der Waals surface area contributed by atoms with Crippen molar-refractivity contribution in [3.05, 3.63) is 18.0 Å². The Morgan fingerprint density at radius 3 is 2.95 bits per heavy atom. The zero-order chi connectivity index (χ0) is 14.6. The van der Waals surface area contributed by atoms with Gasteiger partial charge in [-0.15, -0.1) is 11.8 Å². The van der Waals surface area contributed by atoms with Gasteiger partial charge in [-0.2, -0.15) is 18.3 Å². The maximum absolute atomic E-state index is 12.1. The third-order valence-electron chi connectivity index (χ3n) is 3.11. The van der Waals surface area contributed by atoms with Crippen LogP contribution in [0.2, 0.25) is 0 Å². The molecule has 0 bridgehead atoms. The van der Waals surface area contributed by atoms with Gasteiger partial charge in [0.2, 0.25) is 0 Å². The molecule has 0 aliphatic carbocycles. The second kappa shape index (κ2) is 6.67. The molecule has 2 heterocycles. The fraction of sp³-hybridized carbons (Fsp3) is 0.615. The van der Waals surface area contributed by atoms with E-state index in [1.165, 1.54) is 11.8 Å². The lowest BCUT2D eigenvalue weighted by Crippen LogP contribution is -2.25. The van der Waals surface area contributed by atoms with Crippen LogP contribution in [0.25, 0.3) is 5.57 Å². The number of hydrogen-bond acceptors (Lipinski definition) is 3. The summed E-state index contributed by atoms with van der Waals surface area (Å²) in [7, 11) is 2.05. The van der Waals surface area contributed by atoms with Gasteiger partial charge in [-0.25, -0.2) is 0 Å². The predicted molar refractivity (Wildman–Crippen MR) is 74.7 cm³/mol. The van der Waals surface area contributed by atoms with Crippen molar-refractivity contribution in [2.75, 3.05) is 25.9 Å². The number of halogens is 3. The second-order valence-electron chi connectivity index (χ2n) is 4.92. The van der Waals surface area contributed by atoms with Gasteiger partial charge in [0, 0.05) is 25.7 Å². The number of aromatic nitrogens is 2. The van der Waals surface area contributed by atoms with Crippen LogP contribution >= 0.6 is 11.8 Å². The highest BCUT2D eigenvalue weighted by molar-refractivity contribution is 7.99. The highest BCUT2D eigenvalue weighted by atomic mass is 32.2. The lowest BCUT2D eigenvalue weighted by Gasteiger charge is -2.22. The Kier molecular flexibility index (Phi) is 5.15. The van der Waals surface area contributed by atoms with Gasteiger partial charge in [-0.3, -0.25) is 5.10 Å². The molecule has 0 radical (unpaired) electrons. The summed E-state index contributed by atoms with van der Waals surface area (Å²) < 4.78 is 36.3. The van der Waals surface area contributed by atoms with Crippen molar-refractivity contribution < 1.29 is 13.2 Å². The summed E-state index contributed by atoms with van der Waals surface area (Å²) in [5.41, 5.74) is 2.03. The van der Waals surface area contributed by atoms with E-state index in [1.54, 1.807) is 6.20 Å². The van der Waals surface area contributed by atoms with Crippen LogP contribution in [0.15, 0.2) is 17.2 Å². The molecule has 0 unspecified atom stereocenters. The molecule has 0 fully saturated rings. The molecular formula is C13H18F3N3S. The number of likely N-dealkylation sites (N-methyl/N-ethyl adjacent to an activating group) is 1. The molecule has 0 saturated heterocycles. The van der Waals surface area contributed by atoms with E-state index < -0.39 is 12.6 Å². The van der Waals surface area contributed by atoms with Gasteiger partial charge in [-0.1, -0.05) is 6.08 Å². The van der Waals surface area contributed by atoms with E-state index >= 15 is 0 Å². The van der Waals surface area contributed by atoms with Crippen LogP contribution in [0.4, 0.5) is 13.2 Å². The number of nitrogens with one attached hydrogen (secondary N) is 1. The van der Waals surface area contributed by atoms with Crippen LogP contribution in [-0.2, 0) is 0 Å². The molecule has 7 heteroatoms. The maximum atomic E-state index is 12.1. The average Bonchev–Trinajstić information content (AvgIpc) is 2.82. The summed E-state index contributed by atoms with van der Waals surface area (Å²) in [5, 5.41) is 7.05. The molecule has 1 aromatic heterocycles.